The SMILES string of the molecule is N#C/C(=C\c1ccc(O)c(Br)c1)C(=O)Nc1ccc(S(N)(=O)=O)cc1. The van der Waals surface area contributed by atoms with E-state index in [1.54, 1.807) is 18.2 Å². The number of anilines is 1. The number of phenolic OH excluding ortho intramolecular Hbond substituents is 1. The van der Waals surface area contributed by atoms with Crippen LogP contribution in [0.1, 0.15) is 5.56 Å². The molecular weight excluding hydrogens is 410 g/mol. The number of nitrogens with two attached hydrogens (primary N) is 1. The van der Waals surface area contributed by atoms with Crippen LogP contribution in [0.4, 0.5) is 5.69 Å². The predicted molar refractivity (Wildman–Crippen MR) is 95.8 cm³/mol. The Bertz CT molecular complexity index is 993. The van der Waals surface area contributed by atoms with Crippen molar-refractivity contribution in [3.05, 3.63) is 58.1 Å². The number of sulfonamides is 1. The van der Waals surface area contributed by atoms with Crippen LogP contribution < -0.4 is 10.5 Å². The summed E-state index contributed by atoms with van der Waals surface area (Å²) in [6.07, 6.45) is 1.36. The highest BCUT2D eigenvalue weighted by atomic mass is 79.9. The van der Waals surface area contributed by atoms with Crippen LogP contribution in [0.3, 0.4) is 0 Å². The number of carbonyl (C=O) groups is 1. The first-order valence-electron chi connectivity index (χ1n) is 6.75. The van der Waals surface area contributed by atoms with E-state index in [-0.39, 0.29) is 16.2 Å². The van der Waals surface area contributed by atoms with Gasteiger partial charge in [0.25, 0.3) is 5.91 Å². The maximum absolute atomic E-state index is 12.2. The summed E-state index contributed by atoms with van der Waals surface area (Å²) in [4.78, 5) is 12.1. The van der Waals surface area contributed by atoms with Crippen LogP contribution in [0.25, 0.3) is 6.08 Å². The normalized spacial score (nSPS) is 11.6. The van der Waals surface area contributed by atoms with Gasteiger partial charge < -0.3 is 10.4 Å². The summed E-state index contributed by atoms with van der Waals surface area (Å²) >= 11 is 3.15. The van der Waals surface area contributed by atoms with E-state index in [1.807, 2.05) is 0 Å². The molecule has 0 aliphatic rings. The minimum Gasteiger partial charge on any atom is -0.507 e. The van der Waals surface area contributed by atoms with Crippen molar-refractivity contribution in [2.45, 2.75) is 4.90 Å². The quantitative estimate of drug-likeness (QED) is 0.514. The van der Waals surface area contributed by atoms with Gasteiger partial charge in [-0.2, -0.15) is 5.26 Å². The zero-order valence-corrected chi connectivity index (χ0v) is 15.0. The number of amides is 1. The molecule has 0 aliphatic carbocycles. The molecule has 0 atom stereocenters. The molecular formula is C16H12BrN3O4S. The summed E-state index contributed by atoms with van der Waals surface area (Å²) in [6.45, 7) is 0. The first kappa shape index (κ1) is 18.7. The van der Waals surface area contributed by atoms with Crippen molar-refractivity contribution >= 4 is 43.6 Å². The number of aromatic hydroxyl groups is 1. The molecule has 0 radical (unpaired) electrons. The monoisotopic (exact) mass is 421 g/mol. The van der Waals surface area contributed by atoms with Crippen molar-refractivity contribution in [1.82, 2.24) is 0 Å². The van der Waals surface area contributed by atoms with Crippen molar-refractivity contribution in [1.29, 1.82) is 5.26 Å². The van der Waals surface area contributed by atoms with E-state index < -0.39 is 15.9 Å². The lowest BCUT2D eigenvalue weighted by molar-refractivity contribution is -0.112. The van der Waals surface area contributed by atoms with Crippen LogP contribution in [-0.4, -0.2) is 19.4 Å². The maximum Gasteiger partial charge on any atom is 0.266 e. The second kappa shape index (κ2) is 7.48. The number of benzene rings is 2. The predicted octanol–water partition coefficient (Wildman–Crippen LogP) is 2.35. The van der Waals surface area contributed by atoms with Crippen LogP contribution in [0.2, 0.25) is 0 Å². The van der Waals surface area contributed by atoms with Crippen molar-refractivity contribution in [2.75, 3.05) is 5.32 Å². The topological polar surface area (TPSA) is 133 Å². The van der Waals surface area contributed by atoms with Crippen LogP contribution in [-0.2, 0) is 14.8 Å². The number of hydrogen-bond acceptors (Lipinski definition) is 5. The van der Waals surface area contributed by atoms with Gasteiger partial charge in [0.1, 0.15) is 17.4 Å². The number of hydrogen-bond donors (Lipinski definition) is 3. The van der Waals surface area contributed by atoms with Crippen LogP contribution in [0, 0.1) is 11.3 Å². The second-order valence-corrected chi connectivity index (χ2v) is 7.32. The van der Waals surface area contributed by atoms with Crippen molar-refractivity contribution < 1.29 is 18.3 Å². The summed E-state index contributed by atoms with van der Waals surface area (Å²) in [5.41, 5.74) is 0.694. The molecule has 0 fully saturated rings. The molecule has 0 aromatic heterocycles. The molecule has 7 nitrogen and oxygen atoms in total. The van der Waals surface area contributed by atoms with E-state index in [0.29, 0.717) is 15.7 Å². The molecule has 0 saturated heterocycles. The summed E-state index contributed by atoms with van der Waals surface area (Å²) < 4.78 is 22.8. The number of carbonyl (C=O) groups excluding carboxylic acids is 1. The molecule has 25 heavy (non-hydrogen) atoms. The van der Waals surface area contributed by atoms with Gasteiger partial charge in [-0.3, -0.25) is 4.79 Å². The summed E-state index contributed by atoms with van der Waals surface area (Å²) in [7, 11) is -3.82. The van der Waals surface area contributed by atoms with Crippen LogP contribution >= 0.6 is 15.9 Å². The molecule has 4 N–H and O–H groups in total. The smallest absolute Gasteiger partial charge is 0.266 e. The Labute approximate surface area is 152 Å². The molecule has 2 aromatic carbocycles. The van der Waals surface area contributed by atoms with Gasteiger partial charge >= 0.3 is 0 Å². The number of primary sulfonamides is 1. The number of nitrogens with one attached hydrogen (secondary N) is 1. The molecule has 1 amide bonds. The molecule has 0 bridgehead atoms. The Balaban J connectivity index is 2.21. The number of halogens is 1. The Morgan fingerprint density at radius 2 is 1.88 bits per heavy atom. The molecule has 9 heteroatoms. The Hall–Kier alpha value is -2.67. The molecule has 2 rings (SSSR count). The zero-order chi connectivity index (χ0) is 18.6. The third-order valence-corrected chi connectivity index (χ3v) is 4.65. The molecule has 0 aliphatic heterocycles. The Kier molecular flexibility index (Phi) is 5.58. The van der Waals surface area contributed by atoms with Crippen molar-refractivity contribution in [3.8, 4) is 11.8 Å². The van der Waals surface area contributed by atoms with Gasteiger partial charge in [0.05, 0.1) is 9.37 Å². The van der Waals surface area contributed by atoms with E-state index >= 15 is 0 Å². The first-order valence-corrected chi connectivity index (χ1v) is 9.09. The van der Waals surface area contributed by atoms with Gasteiger partial charge in [0.2, 0.25) is 10.0 Å². The largest absolute Gasteiger partial charge is 0.507 e. The van der Waals surface area contributed by atoms with E-state index in [0.717, 1.165) is 0 Å². The summed E-state index contributed by atoms with van der Waals surface area (Å²) in [5, 5.41) is 26.1. The maximum atomic E-state index is 12.2. The fourth-order valence-electron chi connectivity index (χ4n) is 1.85. The lowest BCUT2D eigenvalue weighted by Crippen LogP contribution is -2.14. The third kappa shape index (κ3) is 4.90. The van der Waals surface area contributed by atoms with Crippen LogP contribution in [0.15, 0.2) is 57.4 Å². The second-order valence-electron chi connectivity index (χ2n) is 4.90. The minimum atomic E-state index is -3.82. The third-order valence-electron chi connectivity index (χ3n) is 3.09. The van der Waals surface area contributed by atoms with E-state index in [4.69, 9.17) is 5.14 Å². The Morgan fingerprint density at radius 1 is 1.24 bits per heavy atom. The van der Waals surface area contributed by atoms with Crippen molar-refractivity contribution in [3.63, 3.8) is 0 Å². The van der Waals surface area contributed by atoms with Gasteiger partial charge in [0, 0.05) is 5.69 Å². The minimum absolute atomic E-state index is 0.0371. The van der Waals surface area contributed by atoms with Crippen molar-refractivity contribution in [2.24, 2.45) is 5.14 Å². The van der Waals surface area contributed by atoms with E-state index in [9.17, 15) is 23.6 Å². The molecule has 128 valence electrons. The Morgan fingerprint density at radius 3 is 2.40 bits per heavy atom. The van der Waals surface area contributed by atoms with Gasteiger partial charge in [0.15, 0.2) is 0 Å². The first-order chi connectivity index (χ1) is 11.7. The van der Waals surface area contributed by atoms with Crippen LogP contribution in [0.5, 0.6) is 5.75 Å². The highest BCUT2D eigenvalue weighted by molar-refractivity contribution is 9.10. The number of nitrogens with zero attached hydrogens (tertiary/aromatic N) is 1. The number of phenols is 1. The van der Waals surface area contributed by atoms with E-state index in [2.05, 4.69) is 21.2 Å². The molecule has 0 saturated carbocycles. The summed E-state index contributed by atoms with van der Waals surface area (Å²) in [6, 6.07) is 11.6. The fourth-order valence-corrected chi connectivity index (χ4v) is 2.77. The average molecular weight is 422 g/mol. The van der Waals surface area contributed by atoms with Gasteiger partial charge in [-0.05, 0) is 64.0 Å². The summed E-state index contributed by atoms with van der Waals surface area (Å²) in [5.74, 6) is -0.620. The zero-order valence-electron chi connectivity index (χ0n) is 12.6. The lowest BCUT2D eigenvalue weighted by Gasteiger charge is -2.05. The van der Waals surface area contributed by atoms with Gasteiger partial charge in [-0.25, -0.2) is 13.6 Å². The molecule has 0 heterocycles. The lowest BCUT2D eigenvalue weighted by atomic mass is 10.1. The fraction of sp³-hybridized carbons (Fsp3) is 0. The molecule has 2 aromatic rings. The standard InChI is InChI=1S/C16H12BrN3O4S/c17-14-8-10(1-6-15(14)21)7-11(9-18)16(22)20-12-2-4-13(5-3-12)25(19,23)24/h1-8,21H,(H,20,22)(H2,19,23,24)/b11-7+. The molecule has 0 spiro atoms. The highest BCUT2D eigenvalue weighted by Gasteiger charge is 2.12. The average Bonchev–Trinajstić information content (AvgIpc) is 2.55. The van der Waals surface area contributed by atoms with Gasteiger partial charge in [-0.15, -0.1) is 0 Å². The highest BCUT2D eigenvalue weighted by Crippen LogP contribution is 2.25. The number of rotatable bonds is 4. The van der Waals surface area contributed by atoms with Gasteiger partial charge in [-0.1, -0.05) is 6.07 Å². The molecule has 0 unspecified atom stereocenters. The number of nitriles is 1. The van der Waals surface area contributed by atoms with E-state index in [1.165, 1.54) is 36.4 Å².